The zero-order valence-corrected chi connectivity index (χ0v) is 19.4. The third kappa shape index (κ3) is 5.51. The van der Waals surface area contributed by atoms with Gasteiger partial charge < -0.3 is 0 Å². The maximum Gasteiger partial charge on any atom is 0.229 e. The first-order valence-corrected chi connectivity index (χ1v) is 12.2. The molecule has 6 heteroatoms. The van der Waals surface area contributed by atoms with Gasteiger partial charge in [-0.2, -0.15) is 0 Å². The molecule has 4 rings (SSSR count). The number of nitrogens with zero attached hydrogens (tertiary/aromatic N) is 3. The van der Waals surface area contributed by atoms with Gasteiger partial charge in [0.1, 0.15) is 0 Å². The maximum atomic E-state index is 13.2. The quantitative estimate of drug-likeness (QED) is 0.231. The van der Waals surface area contributed by atoms with Crippen molar-refractivity contribution in [2.75, 3.05) is 10.7 Å². The number of rotatable bonds is 8. The molecular weight excluding hydrogens is 422 g/mol. The molecule has 0 N–H and O–H groups in total. The van der Waals surface area contributed by atoms with Gasteiger partial charge in [0.15, 0.2) is 5.13 Å². The van der Waals surface area contributed by atoms with Crippen LogP contribution in [0.25, 0.3) is 10.2 Å². The van der Waals surface area contributed by atoms with Gasteiger partial charge in [-0.25, -0.2) is 4.98 Å². The van der Waals surface area contributed by atoms with E-state index in [1.807, 2.05) is 41.4 Å². The van der Waals surface area contributed by atoms with Crippen LogP contribution in [-0.4, -0.2) is 21.6 Å². The van der Waals surface area contributed by atoms with E-state index in [2.05, 4.69) is 43.1 Å². The Morgan fingerprint density at radius 1 is 1.06 bits per heavy atom. The topological polar surface area (TPSA) is 46.1 Å². The van der Waals surface area contributed by atoms with E-state index in [1.54, 1.807) is 29.3 Å². The maximum absolute atomic E-state index is 13.2. The van der Waals surface area contributed by atoms with Crippen LogP contribution in [0, 0.1) is 13.8 Å². The van der Waals surface area contributed by atoms with Gasteiger partial charge in [-0.3, -0.25) is 14.7 Å². The fourth-order valence-electron chi connectivity index (χ4n) is 3.29. The van der Waals surface area contributed by atoms with Gasteiger partial charge in [0.25, 0.3) is 0 Å². The summed E-state index contributed by atoms with van der Waals surface area (Å²) in [4.78, 5) is 25.3. The minimum atomic E-state index is 0.102. The van der Waals surface area contributed by atoms with Gasteiger partial charge in [-0.05, 0) is 73.0 Å². The van der Waals surface area contributed by atoms with Gasteiger partial charge in [-0.15, -0.1) is 11.8 Å². The average Bonchev–Trinajstić information content (AvgIpc) is 3.19. The first kappa shape index (κ1) is 21.5. The number of hydrogen-bond acceptors (Lipinski definition) is 5. The van der Waals surface area contributed by atoms with Crippen LogP contribution in [0.1, 0.15) is 29.5 Å². The Morgan fingerprint density at radius 2 is 1.87 bits per heavy atom. The van der Waals surface area contributed by atoms with Crippen LogP contribution >= 0.6 is 23.1 Å². The molecule has 0 aliphatic rings. The van der Waals surface area contributed by atoms with Crippen molar-refractivity contribution in [3.8, 4) is 0 Å². The molecule has 4 aromatic rings. The monoisotopic (exact) mass is 447 g/mol. The zero-order valence-electron chi connectivity index (χ0n) is 17.7. The minimum absolute atomic E-state index is 0.102. The molecule has 0 spiro atoms. The van der Waals surface area contributed by atoms with Crippen molar-refractivity contribution in [3.63, 3.8) is 0 Å². The fourth-order valence-corrected chi connectivity index (χ4v) is 5.22. The summed E-state index contributed by atoms with van der Waals surface area (Å²) in [5, 5.41) is 0.754. The second-order valence-electron chi connectivity index (χ2n) is 7.51. The van der Waals surface area contributed by atoms with Crippen LogP contribution in [0.4, 0.5) is 5.13 Å². The molecule has 0 saturated heterocycles. The first-order chi connectivity index (χ1) is 15.1. The summed E-state index contributed by atoms with van der Waals surface area (Å²) in [6, 6.07) is 18.5. The highest BCUT2D eigenvalue weighted by molar-refractivity contribution is 7.99. The van der Waals surface area contributed by atoms with Crippen LogP contribution in [0.2, 0.25) is 0 Å². The number of thiazole rings is 1. The van der Waals surface area contributed by atoms with Crippen molar-refractivity contribution >= 4 is 44.4 Å². The summed E-state index contributed by atoms with van der Waals surface area (Å²) in [5.74, 6) is 1.01. The number of carbonyl (C=O) groups excluding carboxylic acids is 1. The van der Waals surface area contributed by atoms with Gasteiger partial charge in [0.2, 0.25) is 5.91 Å². The number of amides is 1. The Morgan fingerprint density at radius 3 is 2.65 bits per heavy atom. The average molecular weight is 448 g/mol. The fraction of sp³-hybridized carbons (Fsp3) is 0.240. The van der Waals surface area contributed by atoms with Gasteiger partial charge in [0, 0.05) is 23.7 Å². The van der Waals surface area contributed by atoms with Crippen molar-refractivity contribution in [3.05, 3.63) is 83.7 Å². The summed E-state index contributed by atoms with van der Waals surface area (Å²) in [6.07, 6.45) is 4.88. The van der Waals surface area contributed by atoms with Crippen molar-refractivity contribution < 1.29 is 4.79 Å². The highest BCUT2D eigenvalue weighted by atomic mass is 32.2. The molecule has 0 saturated carbocycles. The molecule has 0 bridgehead atoms. The predicted molar refractivity (Wildman–Crippen MR) is 131 cm³/mol. The van der Waals surface area contributed by atoms with Crippen LogP contribution < -0.4 is 4.90 Å². The predicted octanol–water partition coefficient (Wildman–Crippen LogP) is 6.41. The van der Waals surface area contributed by atoms with Gasteiger partial charge in [0.05, 0.1) is 16.8 Å². The molecule has 0 aliphatic heterocycles. The number of aromatic nitrogens is 2. The highest BCUT2D eigenvalue weighted by Gasteiger charge is 2.20. The summed E-state index contributed by atoms with van der Waals surface area (Å²) in [5.41, 5.74) is 4.41. The van der Waals surface area contributed by atoms with Crippen LogP contribution in [0.3, 0.4) is 0 Å². The largest absolute Gasteiger partial charge is 0.284 e. The Bertz CT molecular complexity index is 1120. The van der Waals surface area contributed by atoms with E-state index < -0.39 is 0 Å². The Labute approximate surface area is 191 Å². The summed E-state index contributed by atoms with van der Waals surface area (Å²) < 4.78 is 1.11. The molecule has 31 heavy (non-hydrogen) atoms. The van der Waals surface area contributed by atoms with E-state index in [0.717, 1.165) is 33.1 Å². The van der Waals surface area contributed by atoms with Gasteiger partial charge >= 0.3 is 0 Å². The van der Waals surface area contributed by atoms with E-state index in [0.29, 0.717) is 13.0 Å². The van der Waals surface area contributed by atoms with Crippen LogP contribution in [-0.2, 0) is 11.3 Å². The zero-order chi connectivity index (χ0) is 21.6. The summed E-state index contributed by atoms with van der Waals surface area (Å²) in [7, 11) is 0. The molecule has 158 valence electrons. The SMILES string of the molecule is Cc1cc2nc(N(Cc3cccnc3)C(=O)CCCSc3ccccc3)sc2cc1C. The molecule has 2 aromatic carbocycles. The number of pyridine rings is 1. The second kappa shape index (κ2) is 10.1. The second-order valence-corrected chi connectivity index (χ2v) is 9.68. The van der Waals surface area contributed by atoms with Crippen LogP contribution in [0.5, 0.6) is 0 Å². The smallest absolute Gasteiger partial charge is 0.229 e. The van der Waals surface area contributed by atoms with Crippen LogP contribution in [0.15, 0.2) is 71.9 Å². The number of thioether (sulfide) groups is 1. The molecule has 0 fully saturated rings. The molecule has 0 aliphatic carbocycles. The number of anilines is 1. The van der Waals surface area contributed by atoms with E-state index in [1.165, 1.54) is 16.0 Å². The number of carbonyl (C=O) groups is 1. The standard InChI is InChI=1S/C25H25N3OS2/c1-18-14-22-23(15-19(18)2)31-25(27-22)28(17-20-8-6-12-26-16-20)24(29)11-7-13-30-21-9-4-3-5-10-21/h3-6,8-10,12,14-16H,7,11,13,17H2,1-2H3. The number of hydrogen-bond donors (Lipinski definition) is 0. The number of aryl methyl sites for hydroxylation is 2. The third-order valence-corrected chi connectivity index (χ3v) is 7.27. The van der Waals surface area contributed by atoms with E-state index in [9.17, 15) is 4.79 Å². The third-order valence-electron chi connectivity index (χ3n) is 5.13. The van der Waals surface area contributed by atoms with E-state index in [-0.39, 0.29) is 5.91 Å². The molecular formula is C25H25N3OS2. The summed E-state index contributed by atoms with van der Waals surface area (Å²) >= 11 is 3.37. The van der Waals surface area contributed by atoms with Crippen molar-refractivity contribution in [1.82, 2.24) is 9.97 Å². The first-order valence-electron chi connectivity index (χ1n) is 10.3. The lowest BCUT2D eigenvalue weighted by Gasteiger charge is -2.20. The van der Waals surface area contributed by atoms with Gasteiger partial charge in [-0.1, -0.05) is 35.6 Å². The molecule has 2 aromatic heterocycles. The lowest BCUT2D eigenvalue weighted by molar-refractivity contribution is -0.118. The summed E-state index contributed by atoms with van der Waals surface area (Å²) in [6.45, 7) is 4.68. The lowest BCUT2D eigenvalue weighted by Crippen LogP contribution is -2.30. The Kier molecular flexibility index (Phi) is 6.99. The minimum Gasteiger partial charge on any atom is -0.284 e. The molecule has 0 atom stereocenters. The molecule has 0 unspecified atom stereocenters. The number of benzene rings is 2. The molecule has 1 amide bonds. The molecule has 2 heterocycles. The van der Waals surface area contributed by atoms with Crippen molar-refractivity contribution in [2.24, 2.45) is 0 Å². The van der Waals surface area contributed by atoms with E-state index >= 15 is 0 Å². The molecule has 0 radical (unpaired) electrons. The van der Waals surface area contributed by atoms with Crippen molar-refractivity contribution in [2.45, 2.75) is 38.1 Å². The highest BCUT2D eigenvalue weighted by Crippen LogP contribution is 2.32. The van der Waals surface area contributed by atoms with E-state index in [4.69, 9.17) is 4.98 Å². The van der Waals surface area contributed by atoms with Crippen molar-refractivity contribution in [1.29, 1.82) is 0 Å². The lowest BCUT2D eigenvalue weighted by atomic mass is 10.1. The Hall–Kier alpha value is -2.70. The molecule has 4 nitrogen and oxygen atoms in total. The number of fused-ring (bicyclic) bond motifs is 1. The Balaban J connectivity index is 1.50. The normalized spacial score (nSPS) is 11.0.